The summed E-state index contributed by atoms with van der Waals surface area (Å²) in [4.78, 5) is 27.0. The summed E-state index contributed by atoms with van der Waals surface area (Å²) in [6.45, 7) is 0. The van der Waals surface area contributed by atoms with Crippen LogP contribution in [0.3, 0.4) is 0 Å². The van der Waals surface area contributed by atoms with Crippen molar-refractivity contribution in [1.29, 1.82) is 5.26 Å². The summed E-state index contributed by atoms with van der Waals surface area (Å²) in [5.74, 6) is -0.750. The molecule has 0 aliphatic rings. The smallest absolute Gasteiger partial charge is 0.345 e. The fourth-order valence-corrected chi connectivity index (χ4v) is 3.62. The van der Waals surface area contributed by atoms with Crippen molar-refractivity contribution in [3.05, 3.63) is 91.5 Å². The highest BCUT2D eigenvalue weighted by atomic mass is 32.1. The number of hydrogen-bond acceptors (Lipinski definition) is 8. The predicted molar refractivity (Wildman–Crippen MR) is 114 cm³/mol. The van der Waals surface area contributed by atoms with Gasteiger partial charge in [0.1, 0.15) is 33.7 Å². The molecule has 31 heavy (non-hydrogen) atoms. The lowest BCUT2D eigenvalue weighted by Crippen LogP contribution is -2.03. The molecule has 2 aromatic carbocycles. The average Bonchev–Trinajstić information content (AvgIpc) is 3.24. The van der Waals surface area contributed by atoms with Gasteiger partial charge in [-0.3, -0.25) is 10.1 Å². The Hall–Kier alpha value is -4.36. The van der Waals surface area contributed by atoms with Crippen LogP contribution in [-0.4, -0.2) is 9.91 Å². The lowest BCUT2D eigenvalue weighted by atomic mass is 10.1. The van der Waals surface area contributed by atoms with Crippen molar-refractivity contribution in [2.24, 2.45) is 0 Å². The maximum Gasteiger partial charge on any atom is 0.345 e. The van der Waals surface area contributed by atoms with Gasteiger partial charge in [-0.15, -0.1) is 11.3 Å². The van der Waals surface area contributed by atoms with Crippen LogP contribution in [0.2, 0.25) is 0 Å². The van der Waals surface area contributed by atoms with E-state index in [9.17, 15) is 24.6 Å². The van der Waals surface area contributed by atoms with E-state index in [1.807, 2.05) is 12.1 Å². The van der Waals surface area contributed by atoms with E-state index >= 15 is 0 Å². The highest BCUT2D eigenvalue weighted by Gasteiger charge is 2.16. The Balaban J connectivity index is 1.67. The minimum absolute atomic E-state index is 0.0195. The second-order valence-corrected chi connectivity index (χ2v) is 7.11. The van der Waals surface area contributed by atoms with Crippen molar-refractivity contribution in [3.8, 4) is 17.3 Å². The number of nitriles is 1. The third kappa shape index (κ3) is 4.03. The molecule has 0 aliphatic carbocycles. The van der Waals surface area contributed by atoms with E-state index in [-0.39, 0.29) is 16.8 Å². The van der Waals surface area contributed by atoms with Gasteiger partial charge in [-0.1, -0.05) is 18.2 Å². The summed E-state index contributed by atoms with van der Waals surface area (Å²) >= 11 is 1.12. The number of thiazole rings is 1. The second-order valence-electron chi connectivity index (χ2n) is 6.26. The first-order valence-electron chi connectivity index (χ1n) is 8.76. The van der Waals surface area contributed by atoms with Crippen molar-refractivity contribution in [2.75, 3.05) is 5.32 Å². The minimum atomic E-state index is -0.750. The zero-order valence-corrected chi connectivity index (χ0v) is 16.4. The largest absolute Gasteiger partial charge is 0.422 e. The molecule has 0 bridgehead atoms. The number of halogens is 1. The van der Waals surface area contributed by atoms with Crippen molar-refractivity contribution < 1.29 is 13.7 Å². The van der Waals surface area contributed by atoms with Crippen molar-refractivity contribution >= 4 is 39.3 Å². The van der Waals surface area contributed by atoms with Gasteiger partial charge in [0.2, 0.25) is 0 Å². The minimum Gasteiger partial charge on any atom is -0.422 e. The molecular weight excluding hydrogens is 423 g/mol. The third-order valence-corrected chi connectivity index (χ3v) is 5.18. The molecule has 2 heterocycles. The van der Waals surface area contributed by atoms with E-state index in [1.54, 1.807) is 29.6 Å². The normalized spacial score (nSPS) is 11.3. The van der Waals surface area contributed by atoms with Crippen LogP contribution in [-0.2, 0) is 0 Å². The van der Waals surface area contributed by atoms with Crippen LogP contribution in [0.1, 0.15) is 5.01 Å². The van der Waals surface area contributed by atoms with Gasteiger partial charge < -0.3 is 9.73 Å². The number of allylic oxidation sites excluding steroid dienone is 1. The van der Waals surface area contributed by atoms with Crippen LogP contribution in [0.15, 0.2) is 69.3 Å². The summed E-state index contributed by atoms with van der Waals surface area (Å²) in [7, 11) is 0. The van der Waals surface area contributed by atoms with Crippen LogP contribution in [0.4, 0.5) is 15.8 Å². The Labute approximate surface area is 177 Å². The van der Waals surface area contributed by atoms with Gasteiger partial charge in [-0.2, -0.15) is 5.26 Å². The summed E-state index contributed by atoms with van der Waals surface area (Å²) in [5.41, 5.74) is 0.120. The molecule has 0 saturated heterocycles. The molecule has 0 unspecified atom stereocenters. The molecule has 10 heteroatoms. The van der Waals surface area contributed by atoms with Crippen LogP contribution in [0, 0.1) is 27.3 Å². The number of nitrogens with one attached hydrogen (secondary N) is 1. The molecular formula is C21H11FN4O4S. The zero-order valence-electron chi connectivity index (χ0n) is 15.5. The van der Waals surface area contributed by atoms with E-state index in [0.717, 1.165) is 28.9 Å². The van der Waals surface area contributed by atoms with Crippen molar-refractivity contribution in [1.82, 2.24) is 4.98 Å². The Morgan fingerprint density at radius 2 is 2.10 bits per heavy atom. The number of nitro groups is 1. The van der Waals surface area contributed by atoms with Gasteiger partial charge in [0.05, 0.1) is 22.2 Å². The number of hydrogen-bond donors (Lipinski definition) is 1. The monoisotopic (exact) mass is 434 g/mol. The Morgan fingerprint density at radius 3 is 2.87 bits per heavy atom. The number of nitrogens with zero attached hydrogens (tertiary/aromatic N) is 3. The number of anilines is 1. The summed E-state index contributed by atoms with van der Waals surface area (Å²) in [6.07, 6.45) is 1.24. The molecule has 152 valence electrons. The van der Waals surface area contributed by atoms with Crippen LogP contribution in [0.5, 0.6) is 0 Å². The average molecular weight is 434 g/mol. The molecule has 0 aliphatic heterocycles. The maximum atomic E-state index is 13.3. The Morgan fingerprint density at radius 1 is 1.29 bits per heavy atom. The van der Waals surface area contributed by atoms with Gasteiger partial charge >= 0.3 is 5.63 Å². The van der Waals surface area contributed by atoms with Gasteiger partial charge in [-0.05, 0) is 24.3 Å². The molecule has 0 spiro atoms. The first-order chi connectivity index (χ1) is 15.0. The predicted octanol–water partition coefficient (Wildman–Crippen LogP) is 4.94. The van der Waals surface area contributed by atoms with Gasteiger partial charge in [0.25, 0.3) is 5.69 Å². The zero-order chi connectivity index (χ0) is 22.0. The fourth-order valence-electron chi connectivity index (χ4n) is 2.83. The van der Waals surface area contributed by atoms with E-state index in [0.29, 0.717) is 16.3 Å². The van der Waals surface area contributed by atoms with Crippen molar-refractivity contribution in [3.63, 3.8) is 0 Å². The van der Waals surface area contributed by atoms with E-state index in [2.05, 4.69) is 10.3 Å². The van der Waals surface area contributed by atoms with E-state index in [1.165, 1.54) is 12.3 Å². The summed E-state index contributed by atoms with van der Waals surface area (Å²) < 4.78 is 18.6. The van der Waals surface area contributed by atoms with Gasteiger partial charge in [0.15, 0.2) is 0 Å². The highest BCUT2D eigenvalue weighted by molar-refractivity contribution is 7.11. The SMILES string of the molecule is N#CC(=CNc1ccc(F)cc1[N+](=O)[O-])c1nc(-c2cc3ccccc3oc2=O)cs1. The number of aromatic nitrogens is 1. The first-order valence-corrected chi connectivity index (χ1v) is 9.64. The van der Waals surface area contributed by atoms with E-state index < -0.39 is 22.1 Å². The number of fused-ring (bicyclic) bond motifs is 1. The maximum absolute atomic E-state index is 13.3. The lowest BCUT2D eigenvalue weighted by molar-refractivity contribution is -0.384. The Kier molecular flexibility index (Phi) is 5.26. The van der Waals surface area contributed by atoms with Gasteiger partial charge in [0, 0.05) is 17.0 Å². The molecule has 0 atom stereocenters. The molecule has 0 radical (unpaired) electrons. The second kappa shape index (κ2) is 8.17. The molecule has 2 aromatic heterocycles. The van der Waals surface area contributed by atoms with E-state index in [4.69, 9.17) is 4.42 Å². The molecule has 4 aromatic rings. The number of benzene rings is 2. The lowest BCUT2D eigenvalue weighted by Gasteiger charge is -2.03. The van der Waals surface area contributed by atoms with Crippen LogP contribution < -0.4 is 10.9 Å². The Bertz CT molecular complexity index is 1450. The molecule has 8 nitrogen and oxygen atoms in total. The number of para-hydroxylation sites is 1. The molecule has 0 fully saturated rings. The molecule has 0 amide bonds. The summed E-state index contributed by atoms with van der Waals surface area (Å²) in [5, 5.41) is 25.9. The van der Waals surface area contributed by atoms with Crippen LogP contribution >= 0.6 is 11.3 Å². The number of nitro benzene ring substituents is 1. The third-order valence-electron chi connectivity index (χ3n) is 4.30. The standard InChI is InChI=1S/C21H11FN4O4S/c22-14-5-6-16(18(8-14)26(28)29)24-10-13(9-23)20-25-17(11-31-20)15-7-12-3-1-2-4-19(12)30-21(15)27/h1-8,10-11,24H. The fraction of sp³-hybridized carbons (Fsp3) is 0. The van der Waals surface area contributed by atoms with Crippen molar-refractivity contribution in [2.45, 2.75) is 0 Å². The molecule has 1 N–H and O–H groups in total. The topological polar surface area (TPSA) is 122 Å². The highest BCUT2D eigenvalue weighted by Crippen LogP contribution is 2.28. The summed E-state index contributed by atoms with van der Waals surface area (Å²) in [6, 6.07) is 13.7. The molecule has 4 rings (SSSR count). The number of rotatable bonds is 5. The quantitative estimate of drug-likeness (QED) is 0.204. The first kappa shape index (κ1) is 19.9. The molecule has 0 saturated carbocycles. The van der Waals surface area contributed by atoms with Crippen LogP contribution in [0.25, 0.3) is 27.8 Å². The van der Waals surface area contributed by atoms with Gasteiger partial charge in [-0.25, -0.2) is 14.2 Å².